The van der Waals surface area contributed by atoms with Crippen molar-refractivity contribution in [2.75, 3.05) is 0 Å². The third kappa shape index (κ3) is 3.74. The highest BCUT2D eigenvalue weighted by atomic mass is 35.5. The number of amides is 1. The van der Waals surface area contributed by atoms with E-state index < -0.39 is 0 Å². The van der Waals surface area contributed by atoms with E-state index in [1.165, 1.54) is 12.8 Å². The molecule has 1 aliphatic carbocycles. The number of halogens is 1. The highest BCUT2D eigenvalue weighted by Gasteiger charge is 2.20. The maximum Gasteiger partial charge on any atom is 0.224 e. The smallest absolute Gasteiger partial charge is 0.224 e. The van der Waals surface area contributed by atoms with E-state index in [4.69, 9.17) is 11.6 Å². The molecule has 0 aliphatic heterocycles. The van der Waals surface area contributed by atoms with E-state index in [2.05, 4.69) is 12.2 Å². The lowest BCUT2D eigenvalue weighted by molar-refractivity contribution is -0.121. The highest BCUT2D eigenvalue weighted by molar-refractivity contribution is 6.31. The first-order valence-electron chi connectivity index (χ1n) is 6.68. The van der Waals surface area contributed by atoms with E-state index in [0.29, 0.717) is 17.5 Å². The molecule has 3 heteroatoms. The summed E-state index contributed by atoms with van der Waals surface area (Å²) >= 11 is 6.05. The van der Waals surface area contributed by atoms with Gasteiger partial charge in [0.05, 0.1) is 6.42 Å². The summed E-state index contributed by atoms with van der Waals surface area (Å²) in [6.07, 6.45) is 5.10. The van der Waals surface area contributed by atoms with Gasteiger partial charge in [0.2, 0.25) is 5.91 Å². The highest BCUT2D eigenvalue weighted by Crippen LogP contribution is 2.23. The Morgan fingerprint density at radius 2 is 2.17 bits per heavy atom. The van der Waals surface area contributed by atoms with Crippen LogP contribution in [0.25, 0.3) is 0 Å². The Bertz CT molecular complexity index is 419. The first-order valence-corrected chi connectivity index (χ1v) is 7.05. The predicted molar refractivity (Wildman–Crippen MR) is 74.7 cm³/mol. The second-order valence-electron chi connectivity index (χ2n) is 5.30. The molecule has 1 N–H and O–H groups in total. The van der Waals surface area contributed by atoms with Crippen molar-refractivity contribution in [2.45, 2.75) is 45.1 Å². The minimum Gasteiger partial charge on any atom is -0.353 e. The fourth-order valence-electron chi connectivity index (χ4n) is 2.66. The normalized spacial score (nSPS) is 23.7. The van der Waals surface area contributed by atoms with E-state index in [0.717, 1.165) is 24.3 Å². The Morgan fingerprint density at radius 3 is 2.89 bits per heavy atom. The molecule has 18 heavy (non-hydrogen) atoms. The number of hydrogen-bond acceptors (Lipinski definition) is 1. The van der Waals surface area contributed by atoms with Crippen LogP contribution in [0.15, 0.2) is 24.3 Å². The maximum atomic E-state index is 12.0. The van der Waals surface area contributed by atoms with Crippen molar-refractivity contribution in [3.63, 3.8) is 0 Å². The number of benzene rings is 1. The molecule has 0 aromatic heterocycles. The van der Waals surface area contributed by atoms with Gasteiger partial charge in [0, 0.05) is 11.1 Å². The minimum atomic E-state index is 0.0854. The molecule has 2 nitrogen and oxygen atoms in total. The van der Waals surface area contributed by atoms with Crippen LogP contribution in [0, 0.1) is 5.92 Å². The van der Waals surface area contributed by atoms with Gasteiger partial charge < -0.3 is 5.32 Å². The molecule has 1 aliphatic rings. The van der Waals surface area contributed by atoms with Crippen LogP contribution < -0.4 is 5.32 Å². The zero-order valence-corrected chi connectivity index (χ0v) is 11.5. The summed E-state index contributed by atoms with van der Waals surface area (Å²) in [6, 6.07) is 7.88. The Labute approximate surface area is 114 Å². The van der Waals surface area contributed by atoms with Crippen molar-refractivity contribution in [3.8, 4) is 0 Å². The molecule has 98 valence electrons. The Morgan fingerprint density at radius 1 is 1.39 bits per heavy atom. The van der Waals surface area contributed by atoms with Crippen LogP contribution in [0.5, 0.6) is 0 Å². The second-order valence-corrected chi connectivity index (χ2v) is 5.71. The third-order valence-corrected chi connectivity index (χ3v) is 3.98. The van der Waals surface area contributed by atoms with Gasteiger partial charge in [0.25, 0.3) is 0 Å². The molecule has 2 unspecified atom stereocenters. The molecular weight excluding hydrogens is 246 g/mol. The first-order chi connectivity index (χ1) is 8.65. The van der Waals surface area contributed by atoms with Crippen molar-refractivity contribution in [2.24, 2.45) is 5.92 Å². The summed E-state index contributed by atoms with van der Waals surface area (Å²) in [5.74, 6) is 0.812. The van der Waals surface area contributed by atoms with Crippen LogP contribution in [0.3, 0.4) is 0 Å². The molecule has 1 amide bonds. The molecule has 0 spiro atoms. The van der Waals surface area contributed by atoms with Crippen LogP contribution >= 0.6 is 11.6 Å². The number of hydrogen-bond donors (Lipinski definition) is 1. The lowest BCUT2D eigenvalue weighted by Gasteiger charge is -2.27. The van der Waals surface area contributed by atoms with Gasteiger partial charge in [-0.3, -0.25) is 4.79 Å². The number of carbonyl (C=O) groups excluding carboxylic acids is 1. The second kappa shape index (κ2) is 6.24. The van der Waals surface area contributed by atoms with Crippen LogP contribution in [0.2, 0.25) is 5.02 Å². The van der Waals surface area contributed by atoms with Crippen molar-refractivity contribution in [3.05, 3.63) is 34.9 Å². The molecule has 0 saturated heterocycles. The van der Waals surface area contributed by atoms with Crippen molar-refractivity contribution < 1.29 is 4.79 Å². The standard InChI is InChI=1S/C15H20ClNO/c1-11-5-4-7-13(9-11)17-15(18)10-12-6-2-3-8-14(12)16/h2-3,6,8,11,13H,4-5,7,9-10H2,1H3,(H,17,18). The van der Waals surface area contributed by atoms with Crippen LogP contribution in [-0.2, 0) is 11.2 Å². The van der Waals surface area contributed by atoms with E-state index in [-0.39, 0.29) is 5.91 Å². The van der Waals surface area contributed by atoms with Crippen molar-refractivity contribution in [1.82, 2.24) is 5.32 Å². The number of nitrogens with one attached hydrogen (secondary N) is 1. The SMILES string of the molecule is CC1CCCC(NC(=O)Cc2ccccc2Cl)C1. The molecule has 0 heterocycles. The zero-order valence-electron chi connectivity index (χ0n) is 10.8. The lowest BCUT2D eigenvalue weighted by Crippen LogP contribution is -2.38. The van der Waals surface area contributed by atoms with Crippen LogP contribution in [0.1, 0.15) is 38.2 Å². The molecule has 1 fully saturated rings. The third-order valence-electron chi connectivity index (χ3n) is 3.61. The van der Waals surface area contributed by atoms with Gasteiger partial charge in [-0.15, -0.1) is 0 Å². The molecule has 2 atom stereocenters. The zero-order chi connectivity index (χ0) is 13.0. The fraction of sp³-hybridized carbons (Fsp3) is 0.533. The van der Waals surface area contributed by atoms with Crippen molar-refractivity contribution in [1.29, 1.82) is 0 Å². The van der Waals surface area contributed by atoms with E-state index >= 15 is 0 Å². The van der Waals surface area contributed by atoms with Crippen LogP contribution in [-0.4, -0.2) is 11.9 Å². The monoisotopic (exact) mass is 265 g/mol. The summed E-state index contributed by atoms with van der Waals surface area (Å²) < 4.78 is 0. The molecule has 0 bridgehead atoms. The van der Waals surface area contributed by atoms with E-state index in [1.54, 1.807) is 0 Å². The first kappa shape index (κ1) is 13.4. The Balaban J connectivity index is 1.87. The average Bonchev–Trinajstić information content (AvgIpc) is 2.32. The molecule has 1 aromatic carbocycles. The molecule has 0 radical (unpaired) electrons. The van der Waals surface area contributed by atoms with Gasteiger partial charge in [-0.25, -0.2) is 0 Å². The summed E-state index contributed by atoms with van der Waals surface area (Å²) in [6.45, 7) is 2.26. The number of carbonyl (C=O) groups is 1. The van der Waals surface area contributed by atoms with E-state index in [9.17, 15) is 4.79 Å². The van der Waals surface area contributed by atoms with Gasteiger partial charge in [-0.05, 0) is 30.4 Å². The summed E-state index contributed by atoms with van der Waals surface area (Å²) in [7, 11) is 0. The van der Waals surface area contributed by atoms with E-state index in [1.807, 2.05) is 24.3 Å². The molecule has 1 saturated carbocycles. The topological polar surface area (TPSA) is 29.1 Å². The van der Waals surface area contributed by atoms with Gasteiger partial charge in [-0.1, -0.05) is 49.6 Å². The predicted octanol–water partition coefficient (Wildman–Crippen LogP) is 3.58. The fourth-order valence-corrected chi connectivity index (χ4v) is 2.86. The Kier molecular flexibility index (Phi) is 4.65. The average molecular weight is 266 g/mol. The lowest BCUT2D eigenvalue weighted by atomic mass is 9.87. The summed E-state index contributed by atoms with van der Waals surface area (Å²) in [5.41, 5.74) is 0.903. The minimum absolute atomic E-state index is 0.0854. The summed E-state index contributed by atoms with van der Waals surface area (Å²) in [5, 5.41) is 3.80. The Hall–Kier alpha value is -1.02. The van der Waals surface area contributed by atoms with Crippen LogP contribution in [0.4, 0.5) is 0 Å². The van der Waals surface area contributed by atoms with Crippen molar-refractivity contribution >= 4 is 17.5 Å². The van der Waals surface area contributed by atoms with Gasteiger partial charge in [0.15, 0.2) is 0 Å². The molecule has 1 aromatic rings. The maximum absolute atomic E-state index is 12.0. The largest absolute Gasteiger partial charge is 0.353 e. The van der Waals surface area contributed by atoms with Gasteiger partial charge in [0.1, 0.15) is 0 Å². The van der Waals surface area contributed by atoms with Gasteiger partial charge in [-0.2, -0.15) is 0 Å². The molecular formula is C15H20ClNO. The number of rotatable bonds is 3. The quantitative estimate of drug-likeness (QED) is 0.889. The van der Waals surface area contributed by atoms with Gasteiger partial charge >= 0.3 is 0 Å². The summed E-state index contributed by atoms with van der Waals surface area (Å²) in [4.78, 5) is 12.0. The molecule has 2 rings (SSSR count).